The number of piperidine rings is 1. The average Bonchev–Trinajstić information content (AvgIpc) is 3.53. The number of carbonyl (C=O) groups excluding carboxylic acids is 7. The molecule has 2 aliphatic rings. The summed E-state index contributed by atoms with van der Waals surface area (Å²) in [6.45, 7) is 4.04. The van der Waals surface area contributed by atoms with Crippen LogP contribution in [0, 0.1) is 0 Å². The number of ether oxygens (including phenoxy) is 2. The smallest absolute Gasteiger partial charge is 0.333 e. The first-order valence-corrected chi connectivity index (χ1v) is 19.5. The summed E-state index contributed by atoms with van der Waals surface area (Å²) < 4.78 is 10.0. The lowest BCUT2D eigenvalue weighted by atomic mass is 10.0. The van der Waals surface area contributed by atoms with Crippen LogP contribution in [0.4, 0.5) is 5.69 Å². The normalized spacial score (nSPS) is 15.9. The molecule has 15 nitrogen and oxygen atoms in total. The Morgan fingerprint density at radius 3 is 2.18 bits per heavy atom. The third-order valence-corrected chi connectivity index (χ3v) is 9.99. The van der Waals surface area contributed by atoms with E-state index in [2.05, 4.69) is 16.0 Å². The van der Waals surface area contributed by atoms with E-state index in [1.54, 1.807) is 62.4 Å². The van der Waals surface area contributed by atoms with Crippen molar-refractivity contribution < 1.29 is 43.0 Å². The highest BCUT2D eigenvalue weighted by Crippen LogP contribution is 2.30. The monoisotopic (exact) mass is 824 g/mol. The van der Waals surface area contributed by atoms with Crippen LogP contribution in [0.5, 0.6) is 0 Å². The summed E-state index contributed by atoms with van der Waals surface area (Å²) >= 11 is 1.47. The van der Waals surface area contributed by atoms with Gasteiger partial charge in [-0.25, -0.2) is 4.79 Å². The molecule has 0 bridgehead atoms. The van der Waals surface area contributed by atoms with Gasteiger partial charge >= 0.3 is 11.9 Å². The van der Waals surface area contributed by atoms with Gasteiger partial charge in [-0.1, -0.05) is 66.7 Å². The summed E-state index contributed by atoms with van der Waals surface area (Å²) in [5, 5.41) is 7.72. The Kier molecular flexibility index (Phi) is 18.5. The highest BCUT2D eigenvalue weighted by Gasteiger charge is 2.39. The maximum Gasteiger partial charge on any atom is 0.333 e. The van der Waals surface area contributed by atoms with Crippen LogP contribution in [-0.2, 0) is 50.5 Å². The first-order valence-electron chi connectivity index (χ1n) is 18.3. The Hall–Kier alpha value is -5.45. The van der Waals surface area contributed by atoms with Gasteiger partial charge in [-0.15, -0.1) is 12.4 Å². The van der Waals surface area contributed by atoms with Crippen molar-refractivity contribution >= 4 is 71.3 Å². The number of carbonyl (C=O) groups is 7. The molecular formula is C40H49ClN6O9S. The Morgan fingerprint density at radius 1 is 0.895 bits per heavy atom. The Labute approximate surface area is 341 Å². The van der Waals surface area contributed by atoms with E-state index in [9.17, 15) is 33.6 Å². The number of anilines is 1. The van der Waals surface area contributed by atoms with Crippen LogP contribution in [0.3, 0.4) is 0 Å². The topological polar surface area (TPSA) is 229 Å². The predicted octanol–water partition coefficient (Wildman–Crippen LogP) is 2.95. The van der Waals surface area contributed by atoms with Crippen LogP contribution in [0.2, 0.25) is 0 Å². The average molecular weight is 825 g/mol. The van der Waals surface area contributed by atoms with E-state index in [4.69, 9.17) is 20.9 Å². The van der Waals surface area contributed by atoms with Crippen molar-refractivity contribution in [2.45, 2.75) is 76.0 Å². The number of nitrogens with zero attached hydrogens (tertiary/aromatic N) is 1. The SMILES string of the molecule is CCOC(=O)[C@@H](N)CCC(=O)N[C@@H](CSCc1ccccc1)C(=O)N[C@@H](C(=O)OCC)c1ccccc1.Cl.Nc1cccc2c1CN(C1CCC(=O)NC1=O)C2=O. The molecule has 3 aromatic carbocycles. The van der Waals surface area contributed by atoms with E-state index < -0.39 is 53.8 Å². The number of benzene rings is 3. The van der Waals surface area contributed by atoms with E-state index in [1.165, 1.54) is 16.7 Å². The van der Waals surface area contributed by atoms with E-state index >= 15 is 0 Å². The molecule has 1 fully saturated rings. The zero-order chi connectivity index (χ0) is 40.6. The largest absolute Gasteiger partial charge is 0.465 e. The molecule has 0 aliphatic carbocycles. The van der Waals surface area contributed by atoms with Crippen molar-refractivity contribution in [3.8, 4) is 0 Å². The number of hydrogen-bond donors (Lipinski definition) is 5. The summed E-state index contributed by atoms with van der Waals surface area (Å²) in [5.41, 5.74) is 15.1. The maximum absolute atomic E-state index is 13.3. The van der Waals surface area contributed by atoms with Gasteiger partial charge in [0.15, 0.2) is 6.04 Å². The second-order valence-corrected chi connectivity index (χ2v) is 13.9. The molecule has 17 heteroatoms. The molecule has 0 saturated carbocycles. The molecule has 2 heterocycles. The Bertz CT molecular complexity index is 1870. The number of halogens is 1. The standard InChI is InChI=1S/C27H35N3O6S.C13H13N3O3.ClH/c1-3-35-26(33)21(28)15-16-23(31)29-22(18-37-17-19-11-7-5-8-12-19)25(32)30-24(27(34)36-4-2)20-13-9-6-10-14-20;14-9-3-1-2-7-8(9)6-16(13(7)19)10-4-5-11(17)15-12(10)18;/h5-14,21-22,24H,3-4,15-18,28H2,1-2H3,(H,29,31)(H,30,32);1-3,10H,4-6,14H2,(H,15,17,18);1H/t21-,22-,24+;;/m0../s1. The molecule has 5 amide bonds. The van der Waals surface area contributed by atoms with Gasteiger partial charge in [0.2, 0.25) is 23.6 Å². The highest BCUT2D eigenvalue weighted by molar-refractivity contribution is 7.98. The molecule has 1 unspecified atom stereocenters. The molecule has 7 N–H and O–H groups in total. The van der Waals surface area contributed by atoms with Crippen molar-refractivity contribution in [2.75, 3.05) is 24.7 Å². The number of imide groups is 1. The number of nitrogens with one attached hydrogen (secondary N) is 3. The third kappa shape index (κ3) is 13.3. The highest BCUT2D eigenvalue weighted by atomic mass is 35.5. The summed E-state index contributed by atoms with van der Waals surface area (Å²) in [6.07, 6.45) is 0.634. The molecule has 1 saturated heterocycles. The lowest BCUT2D eigenvalue weighted by Crippen LogP contribution is -2.52. The van der Waals surface area contributed by atoms with E-state index in [0.29, 0.717) is 35.5 Å². The third-order valence-electron chi connectivity index (χ3n) is 8.88. The van der Waals surface area contributed by atoms with Crippen LogP contribution >= 0.6 is 24.2 Å². The van der Waals surface area contributed by atoms with Crippen LogP contribution in [0.25, 0.3) is 0 Å². The summed E-state index contributed by atoms with van der Waals surface area (Å²) in [6, 6.07) is 20.2. The molecular weight excluding hydrogens is 776 g/mol. The fraction of sp³-hybridized carbons (Fsp3) is 0.375. The van der Waals surface area contributed by atoms with Gasteiger partial charge in [0, 0.05) is 47.7 Å². The van der Waals surface area contributed by atoms with Crippen LogP contribution in [0.15, 0.2) is 78.9 Å². The van der Waals surface area contributed by atoms with Crippen LogP contribution in [0.1, 0.15) is 72.6 Å². The minimum absolute atomic E-state index is 0. The van der Waals surface area contributed by atoms with Crippen molar-refractivity contribution in [2.24, 2.45) is 5.73 Å². The minimum atomic E-state index is -1.02. The van der Waals surface area contributed by atoms with Gasteiger partial charge in [0.1, 0.15) is 18.1 Å². The number of amides is 5. The number of fused-ring (bicyclic) bond motifs is 1. The van der Waals surface area contributed by atoms with Crippen molar-refractivity contribution in [3.05, 3.63) is 101 Å². The molecule has 57 heavy (non-hydrogen) atoms. The lowest BCUT2D eigenvalue weighted by Gasteiger charge is -2.29. The maximum atomic E-state index is 13.3. The number of thioether (sulfide) groups is 1. The Morgan fingerprint density at radius 2 is 1.54 bits per heavy atom. The number of hydrogen-bond acceptors (Lipinski definition) is 12. The molecule has 2 aliphatic heterocycles. The molecule has 4 atom stereocenters. The summed E-state index contributed by atoms with van der Waals surface area (Å²) in [4.78, 5) is 87.1. The van der Waals surface area contributed by atoms with Crippen LogP contribution < -0.4 is 27.4 Å². The zero-order valence-corrected chi connectivity index (χ0v) is 33.4. The van der Waals surface area contributed by atoms with E-state index in [-0.39, 0.29) is 62.5 Å². The van der Waals surface area contributed by atoms with Crippen LogP contribution in [-0.4, -0.2) is 83.5 Å². The van der Waals surface area contributed by atoms with Crippen molar-refractivity contribution in [1.82, 2.24) is 20.9 Å². The van der Waals surface area contributed by atoms with Gasteiger partial charge in [-0.2, -0.15) is 11.8 Å². The fourth-order valence-electron chi connectivity index (χ4n) is 5.97. The lowest BCUT2D eigenvalue weighted by molar-refractivity contribution is -0.148. The number of nitrogen functional groups attached to an aromatic ring is 1. The van der Waals surface area contributed by atoms with Gasteiger partial charge < -0.3 is 36.5 Å². The zero-order valence-electron chi connectivity index (χ0n) is 31.8. The van der Waals surface area contributed by atoms with E-state index in [1.807, 2.05) is 30.3 Å². The molecule has 5 rings (SSSR count). The number of esters is 2. The first kappa shape index (κ1) is 45.9. The van der Waals surface area contributed by atoms with Gasteiger partial charge in [0.05, 0.1) is 13.2 Å². The second-order valence-electron chi connectivity index (χ2n) is 12.9. The Balaban J connectivity index is 0.000000362. The molecule has 306 valence electrons. The quantitative estimate of drug-likeness (QED) is 0.0798. The number of nitrogens with two attached hydrogens (primary N) is 2. The molecule has 3 aromatic rings. The van der Waals surface area contributed by atoms with Gasteiger partial charge in [0.25, 0.3) is 5.91 Å². The van der Waals surface area contributed by atoms with Gasteiger partial charge in [-0.3, -0.25) is 34.1 Å². The molecule has 0 radical (unpaired) electrons. The van der Waals surface area contributed by atoms with Gasteiger partial charge in [-0.05, 0) is 49.9 Å². The van der Waals surface area contributed by atoms with E-state index in [0.717, 1.165) is 11.1 Å². The summed E-state index contributed by atoms with van der Waals surface area (Å²) in [7, 11) is 0. The summed E-state index contributed by atoms with van der Waals surface area (Å²) in [5.74, 6) is -2.13. The van der Waals surface area contributed by atoms with Crippen molar-refractivity contribution in [1.29, 1.82) is 0 Å². The second kappa shape index (κ2) is 22.9. The number of rotatable bonds is 16. The first-order chi connectivity index (χ1) is 26.9. The molecule has 0 spiro atoms. The minimum Gasteiger partial charge on any atom is -0.465 e. The predicted molar refractivity (Wildman–Crippen MR) is 216 cm³/mol. The fourth-order valence-corrected chi connectivity index (χ4v) is 6.99. The molecule has 0 aromatic heterocycles. The van der Waals surface area contributed by atoms with Crippen molar-refractivity contribution in [3.63, 3.8) is 0 Å².